The lowest BCUT2D eigenvalue weighted by atomic mass is 10.0. The van der Waals surface area contributed by atoms with Crippen LogP contribution in [0.3, 0.4) is 0 Å². The number of fused-ring (bicyclic) bond motifs is 1. The Balaban J connectivity index is 1.91. The van der Waals surface area contributed by atoms with Crippen molar-refractivity contribution in [3.05, 3.63) is 35.2 Å². The van der Waals surface area contributed by atoms with E-state index in [1.807, 2.05) is 19.9 Å². The van der Waals surface area contributed by atoms with Crippen LogP contribution in [0.1, 0.15) is 23.9 Å². The topological polar surface area (TPSA) is 85.3 Å². The molecule has 1 aromatic carbocycles. The second-order valence-corrected chi connectivity index (χ2v) is 6.21. The van der Waals surface area contributed by atoms with E-state index >= 15 is 0 Å². The van der Waals surface area contributed by atoms with Crippen molar-refractivity contribution in [2.75, 3.05) is 10.6 Å². The zero-order valence-corrected chi connectivity index (χ0v) is 14.4. The van der Waals surface area contributed by atoms with Gasteiger partial charge in [-0.2, -0.15) is 5.10 Å². The molecular formula is C17H20N4O3. The molecule has 0 fully saturated rings. The Morgan fingerprint density at radius 3 is 2.67 bits per heavy atom. The molecule has 1 atom stereocenters. The number of hydrogen-bond donors (Lipinski definition) is 2. The molecule has 2 amide bonds. The number of nitrogens with zero attached hydrogens (tertiary/aromatic N) is 2. The molecule has 7 heteroatoms. The van der Waals surface area contributed by atoms with Gasteiger partial charge in [0.05, 0.1) is 22.8 Å². The predicted octanol–water partition coefficient (Wildman–Crippen LogP) is 2.07. The molecule has 24 heavy (non-hydrogen) atoms. The highest BCUT2D eigenvalue weighted by molar-refractivity contribution is 6.19. The number of nitrogens with one attached hydrogen (secondary N) is 2. The molecule has 0 aliphatic carbocycles. The molecule has 0 saturated carbocycles. The summed E-state index contributed by atoms with van der Waals surface area (Å²) in [5, 5.41) is 9.78. The van der Waals surface area contributed by atoms with E-state index in [-0.39, 0.29) is 0 Å². The van der Waals surface area contributed by atoms with Gasteiger partial charge in [-0.3, -0.25) is 14.3 Å². The number of carbonyl (C=O) groups is 2. The fourth-order valence-electron chi connectivity index (χ4n) is 2.68. The van der Waals surface area contributed by atoms with Gasteiger partial charge >= 0.3 is 0 Å². The molecule has 3 rings (SSSR count). The van der Waals surface area contributed by atoms with Gasteiger partial charge in [0.2, 0.25) is 0 Å². The first kappa shape index (κ1) is 16.0. The highest BCUT2D eigenvalue weighted by atomic mass is 16.5. The number of aryl methyl sites for hydroxylation is 3. The predicted molar refractivity (Wildman–Crippen MR) is 90.2 cm³/mol. The van der Waals surface area contributed by atoms with Crippen LogP contribution in [0, 0.1) is 20.8 Å². The third-order valence-corrected chi connectivity index (χ3v) is 4.31. The molecule has 1 aliphatic heterocycles. The first-order chi connectivity index (χ1) is 11.2. The number of carbonyl (C=O) groups excluding carboxylic acids is 2. The summed E-state index contributed by atoms with van der Waals surface area (Å²) in [5.74, 6) is -0.569. The van der Waals surface area contributed by atoms with Crippen molar-refractivity contribution in [2.24, 2.45) is 7.05 Å². The van der Waals surface area contributed by atoms with Gasteiger partial charge in [-0.15, -0.1) is 0 Å². The smallest absolute Gasteiger partial charge is 0.278 e. The summed E-state index contributed by atoms with van der Waals surface area (Å²) >= 11 is 0. The fraction of sp³-hybridized carbons (Fsp3) is 0.353. The van der Waals surface area contributed by atoms with Crippen molar-refractivity contribution in [2.45, 2.75) is 33.3 Å². The van der Waals surface area contributed by atoms with Crippen molar-refractivity contribution in [3.63, 3.8) is 0 Å². The van der Waals surface area contributed by atoms with Gasteiger partial charge in [-0.05, 0) is 45.4 Å². The third kappa shape index (κ3) is 2.42. The number of aromatic nitrogens is 2. The van der Waals surface area contributed by atoms with Gasteiger partial charge in [0.15, 0.2) is 0 Å². The first-order valence-corrected chi connectivity index (χ1v) is 7.65. The number of rotatable bonds is 2. The molecule has 2 N–H and O–H groups in total. The van der Waals surface area contributed by atoms with Crippen molar-refractivity contribution < 1.29 is 14.3 Å². The summed E-state index contributed by atoms with van der Waals surface area (Å²) in [6, 6.07) is 5.42. The van der Waals surface area contributed by atoms with Gasteiger partial charge in [-0.25, -0.2) is 0 Å². The summed E-state index contributed by atoms with van der Waals surface area (Å²) in [5.41, 5.74) is 1.98. The summed E-state index contributed by atoms with van der Waals surface area (Å²) in [6.07, 6.45) is 0. The number of anilines is 2. The fourth-order valence-corrected chi connectivity index (χ4v) is 2.68. The van der Waals surface area contributed by atoms with Gasteiger partial charge in [0, 0.05) is 7.05 Å². The van der Waals surface area contributed by atoms with Crippen molar-refractivity contribution in [1.82, 2.24) is 9.78 Å². The van der Waals surface area contributed by atoms with Crippen molar-refractivity contribution in [1.29, 1.82) is 0 Å². The van der Waals surface area contributed by atoms with Crippen LogP contribution in [0.15, 0.2) is 18.2 Å². The highest BCUT2D eigenvalue weighted by Crippen LogP contribution is 2.35. The molecule has 7 nitrogen and oxygen atoms in total. The molecule has 2 aromatic rings. The molecule has 0 bridgehead atoms. The van der Waals surface area contributed by atoms with Crippen LogP contribution >= 0.6 is 0 Å². The van der Waals surface area contributed by atoms with E-state index in [9.17, 15) is 9.59 Å². The zero-order valence-electron chi connectivity index (χ0n) is 14.4. The van der Waals surface area contributed by atoms with Crippen LogP contribution in [-0.2, 0) is 16.6 Å². The Hall–Kier alpha value is -2.83. The average Bonchev–Trinajstić information content (AvgIpc) is 2.75. The number of hydrogen-bond acceptors (Lipinski definition) is 4. The van der Waals surface area contributed by atoms with Crippen molar-refractivity contribution in [3.8, 4) is 5.75 Å². The van der Waals surface area contributed by atoms with E-state index in [2.05, 4.69) is 15.7 Å². The lowest BCUT2D eigenvalue weighted by Gasteiger charge is -2.33. The monoisotopic (exact) mass is 328 g/mol. The minimum Gasteiger partial charge on any atom is -0.466 e. The maximum Gasteiger partial charge on any atom is 0.278 e. The van der Waals surface area contributed by atoms with Gasteiger partial charge in [0.25, 0.3) is 17.4 Å². The Kier molecular flexibility index (Phi) is 3.59. The number of benzene rings is 1. The van der Waals surface area contributed by atoms with E-state index in [4.69, 9.17) is 4.74 Å². The number of amides is 2. The highest BCUT2D eigenvalue weighted by Gasteiger charge is 2.47. The quantitative estimate of drug-likeness (QED) is 0.827. The zero-order chi connectivity index (χ0) is 17.6. The second-order valence-electron chi connectivity index (χ2n) is 6.21. The minimum atomic E-state index is -1.66. The van der Waals surface area contributed by atoms with E-state index in [1.54, 1.807) is 30.8 Å². The van der Waals surface area contributed by atoms with Crippen molar-refractivity contribution >= 4 is 23.2 Å². The van der Waals surface area contributed by atoms with Crippen LogP contribution in [0.25, 0.3) is 0 Å². The van der Waals surface area contributed by atoms with Gasteiger partial charge in [0.1, 0.15) is 5.75 Å². The van der Waals surface area contributed by atoms with E-state index in [0.29, 0.717) is 22.8 Å². The van der Waals surface area contributed by atoms with E-state index in [1.165, 1.54) is 6.92 Å². The van der Waals surface area contributed by atoms with Crippen LogP contribution in [0.5, 0.6) is 5.75 Å². The Morgan fingerprint density at radius 2 is 2.04 bits per heavy atom. The molecule has 1 aromatic heterocycles. The summed E-state index contributed by atoms with van der Waals surface area (Å²) < 4.78 is 7.43. The maximum absolute atomic E-state index is 12.8. The molecule has 0 radical (unpaired) electrons. The van der Waals surface area contributed by atoms with E-state index < -0.39 is 17.4 Å². The van der Waals surface area contributed by atoms with Crippen LogP contribution < -0.4 is 15.4 Å². The SMILES string of the molecule is Cc1ccc2c(c1)NC(=O)[C@@](C)(C(=O)Nc1c(C)nn(C)c1C)O2. The molecular weight excluding hydrogens is 308 g/mol. The molecule has 126 valence electrons. The number of ether oxygens (including phenoxy) is 1. The van der Waals surface area contributed by atoms with Gasteiger partial charge in [-0.1, -0.05) is 6.07 Å². The third-order valence-electron chi connectivity index (χ3n) is 4.31. The van der Waals surface area contributed by atoms with Gasteiger partial charge < -0.3 is 15.4 Å². The summed E-state index contributed by atoms with van der Waals surface area (Å²) in [7, 11) is 1.79. The molecule has 0 saturated heterocycles. The van der Waals surface area contributed by atoms with Crippen LogP contribution in [0.2, 0.25) is 0 Å². The lowest BCUT2D eigenvalue weighted by molar-refractivity contribution is -0.143. The largest absolute Gasteiger partial charge is 0.466 e. The molecule has 1 aliphatic rings. The van der Waals surface area contributed by atoms with E-state index in [0.717, 1.165) is 11.3 Å². The Morgan fingerprint density at radius 1 is 1.33 bits per heavy atom. The molecule has 2 heterocycles. The normalized spacial score (nSPS) is 19.3. The van der Waals surface area contributed by atoms with Crippen LogP contribution in [0.4, 0.5) is 11.4 Å². The standard InChI is InChI=1S/C17H20N4O3/c1-9-6-7-13-12(8-9)18-15(22)17(4,24-13)16(23)19-14-10(2)20-21(5)11(14)3/h6-8H,1-5H3,(H,18,22)(H,19,23)/t17-/m0/s1. The first-order valence-electron chi connectivity index (χ1n) is 7.65. The average molecular weight is 328 g/mol. The second kappa shape index (κ2) is 5.36. The van der Waals surface area contributed by atoms with Crippen LogP contribution in [-0.4, -0.2) is 27.2 Å². The molecule has 0 unspecified atom stereocenters. The summed E-state index contributed by atoms with van der Waals surface area (Å²) in [6.45, 7) is 7.02. The minimum absolute atomic E-state index is 0.470. The Labute approximate surface area is 140 Å². The molecule has 0 spiro atoms. The summed E-state index contributed by atoms with van der Waals surface area (Å²) in [4.78, 5) is 25.2. The lowest BCUT2D eigenvalue weighted by Crippen LogP contribution is -2.56. The Bertz CT molecular complexity index is 856. The maximum atomic E-state index is 12.8.